The lowest BCUT2D eigenvalue weighted by atomic mass is 10.0. The van der Waals surface area contributed by atoms with E-state index in [0.29, 0.717) is 49.9 Å². The van der Waals surface area contributed by atoms with Gasteiger partial charge in [0, 0.05) is 13.1 Å². The SMILES string of the molecule is COc1cc([S@](=N)(=O)C2COC2)ccc1NCC#Cc1sc2c(NC3CCN(C)CC3F)cccc2c1CC(F)(F)F. The van der Waals surface area contributed by atoms with E-state index in [1.165, 1.54) is 18.4 Å². The zero-order chi connectivity index (χ0) is 30.1. The van der Waals surface area contributed by atoms with E-state index in [9.17, 15) is 21.8 Å². The summed E-state index contributed by atoms with van der Waals surface area (Å²) >= 11 is 1.17. The maximum Gasteiger partial charge on any atom is 0.393 e. The molecule has 42 heavy (non-hydrogen) atoms. The van der Waals surface area contributed by atoms with Gasteiger partial charge in [-0.15, -0.1) is 11.3 Å². The largest absolute Gasteiger partial charge is 0.495 e. The maximum atomic E-state index is 14.7. The van der Waals surface area contributed by atoms with Gasteiger partial charge in [-0.05, 0) is 48.7 Å². The predicted octanol–water partition coefficient (Wildman–Crippen LogP) is 5.74. The molecule has 0 saturated carbocycles. The number of nitrogens with zero attached hydrogens (tertiary/aromatic N) is 1. The Hall–Kier alpha value is -3.05. The average Bonchev–Trinajstić information content (AvgIpc) is 3.23. The molecule has 1 aromatic heterocycles. The number of nitrogens with one attached hydrogen (secondary N) is 3. The minimum atomic E-state index is -4.43. The summed E-state index contributed by atoms with van der Waals surface area (Å²) < 4.78 is 87.8. The minimum Gasteiger partial charge on any atom is -0.495 e. The van der Waals surface area contributed by atoms with Crippen molar-refractivity contribution in [2.45, 2.75) is 41.4 Å². The lowest BCUT2D eigenvalue weighted by Crippen LogP contribution is -2.46. The Bertz CT molecular complexity index is 1610. The summed E-state index contributed by atoms with van der Waals surface area (Å²) in [5.41, 5.74) is 1.26. The number of piperidine rings is 1. The van der Waals surface area contributed by atoms with Gasteiger partial charge < -0.3 is 25.0 Å². The second-order valence-corrected chi connectivity index (χ2v) is 13.8. The summed E-state index contributed by atoms with van der Waals surface area (Å²) in [6, 6.07) is 9.47. The van der Waals surface area contributed by atoms with E-state index >= 15 is 0 Å². The van der Waals surface area contributed by atoms with Crippen LogP contribution in [0.25, 0.3) is 10.1 Å². The summed E-state index contributed by atoms with van der Waals surface area (Å²) in [5, 5.41) is 6.42. The molecule has 2 saturated heterocycles. The Labute approximate surface area is 246 Å². The molecule has 2 fully saturated rings. The molecule has 0 aliphatic carbocycles. The first-order chi connectivity index (χ1) is 20.0. The number of methoxy groups -OCH3 is 1. The van der Waals surface area contributed by atoms with Crippen molar-refractivity contribution in [1.29, 1.82) is 4.78 Å². The number of halogens is 4. The molecule has 2 aromatic carbocycles. The molecule has 0 spiro atoms. The van der Waals surface area contributed by atoms with Gasteiger partial charge >= 0.3 is 6.18 Å². The van der Waals surface area contributed by atoms with Crippen molar-refractivity contribution >= 4 is 42.5 Å². The first-order valence-corrected chi connectivity index (χ1v) is 15.9. The van der Waals surface area contributed by atoms with Crippen LogP contribution < -0.4 is 15.4 Å². The number of benzene rings is 2. The van der Waals surface area contributed by atoms with Crippen LogP contribution >= 0.6 is 11.3 Å². The smallest absolute Gasteiger partial charge is 0.393 e. The first kappa shape index (κ1) is 30.4. The van der Waals surface area contributed by atoms with Crippen molar-refractivity contribution in [3.8, 4) is 17.6 Å². The zero-order valence-corrected chi connectivity index (χ0v) is 24.8. The van der Waals surface area contributed by atoms with Gasteiger partial charge in [0.15, 0.2) is 0 Å². The van der Waals surface area contributed by atoms with E-state index in [1.54, 1.807) is 36.4 Å². The molecule has 2 unspecified atom stereocenters. The fraction of sp³-hybridized carbons (Fsp3) is 0.448. The third-order valence-corrected chi connectivity index (χ3v) is 10.8. The van der Waals surface area contributed by atoms with Crippen molar-refractivity contribution in [3.05, 3.63) is 46.8 Å². The van der Waals surface area contributed by atoms with E-state index in [4.69, 9.17) is 14.3 Å². The fourth-order valence-electron chi connectivity index (χ4n) is 5.05. The van der Waals surface area contributed by atoms with E-state index in [-0.39, 0.29) is 30.6 Å². The number of hydrogen-bond donors (Lipinski definition) is 3. The van der Waals surface area contributed by atoms with Gasteiger partial charge in [-0.2, -0.15) is 13.2 Å². The maximum absolute atomic E-state index is 14.7. The number of thiophene rings is 1. The van der Waals surface area contributed by atoms with E-state index in [2.05, 4.69) is 22.5 Å². The number of alkyl halides is 4. The van der Waals surface area contributed by atoms with Gasteiger partial charge in [0.25, 0.3) is 0 Å². The Balaban J connectivity index is 1.37. The molecule has 7 nitrogen and oxygen atoms in total. The number of likely N-dealkylation sites (tertiary alicyclic amines) is 1. The molecule has 0 bridgehead atoms. The van der Waals surface area contributed by atoms with Crippen LogP contribution in [-0.4, -0.2) is 79.8 Å². The Morgan fingerprint density at radius 2 is 2.02 bits per heavy atom. The quantitative estimate of drug-likeness (QED) is 0.219. The summed E-state index contributed by atoms with van der Waals surface area (Å²) in [7, 11) is 0.272. The van der Waals surface area contributed by atoms with Crippen LogP contribution in [0.3, 0.4) is 0 Å². The molecular formula is C29H32F4N4O3S2. The summed E-state index contributed by atoms with van der Waals surface area (Å²) in [6.07, 6.45) is -6.06. The van der Waals surface area contributed by atoms with Crippen LogP contribution in [0.1, 0.15) is 16.9 Å². The van der Waals surface area contributed by atoms with Crippen molar-refractivity contribution in [2.24, 2.45) is 0 Å². The normalized spacial score (nSPS) is 21.2. The topological polar surface area (TPSA) is 86.7 Å². The zero-order valence-electron chi connectivity index (χ0n) is 23.1. The minimum absolute atomic E-state index is 0.103. The van der Waals surface area contributed by atoms with Crippen molar-refractivity contribution < 1.29 is 31.2 Å². The van der Waals surface area contributed by atoms with Gasteiger partial charge in [-0.3, -0.25) is 0 Å². The van der Waals surface area contributed by atoms with Gasteiger partial charge in [0.05, 0.1) is 80.2 Å². The van der Waals surface area contributed by atoms with Crippen LogP contribution in [0.4, 0.5) is 28.9 Å². The number of rotatable bonds is 8. The Morgan fingerprint density at radius 1 is 1.24 bits per heavy atom. The van der Waals surface area contributed by atoms with E-state index < -0.39 is 34.5 Å². The molecule has 5 rings (SSSR count). The van der Waals surface area contributed by atoms with Crippen molar-refractivity contribution in [3.63, 3.8) is 0 Å². The van der Waals surface area contributed by atoms with Crippen LogP contribution in [0.15, 0.2) is 41.3 Å². The highest BCUT2D eigenvalue weighted by molar-refractivity contribution is 7.93. The summed E-state index contributed by atoms with van der Waals surface area (Å²) in [4.78, 5) is 2.56. The molecule has 2 aliphatic rings. The third kappa shape index (κ3) is 6.62. The summed E-state index contributed by atoms with van der Waals surface area (Å²) in [6.45, 7) is 1.69. The van der Waals surface area contributed by atoms with Crippen LogP contribution in [-0.2, 0) is 20.9 Å². The first-order valence-electron chi connectivity index (χ1n) is 13.4. The lowest BCUT2D eigenvalue weighted by Gasteiger charge is -2.33. The van der Waals surface area contributed by atoms with Crippen LogP contribution in [0, 0.1) is 16.6 Å². The standard InChI is InChI=1S/C29H32F4N4O3S2/c1-37-12-10-23(22(30)15-37)36-25-6-3-5-20-21(14-29(31,32)33)27(41-28(20)25)7-4-11-35-24-9-8-18(13-26(24)39-2)42(34,38)19-16-40-17-19/h3,5-6,8-9,13,19,22-23,34-36H,10-12,14-17H2,1-2H3/t22?,23?,42-/m0/s1. The molecule has 3 atom stereocenters. The molecule has 2 aliphatic heterocycles. The van der Waals surface area contributed by atoms with Gasteiger partial charge in [-0.25, -0.2) is 13.4 Å². The molecule has 3 heterocycles. The fourth-order valence-corrected chi connectivity index (χ4v) is 7.73. The van der Waals surface area contributed by atoms with E-state index in [1.807, 2.05) is 11.9 Å². The van der Waals surface area contributed by atoms with Crippen molar-refractivity contribution in [1.82, 2.24) is 4.90 Å². The van der Waals surface area contributed by atoms with Gasteiger partial charge in [0.1, 0.15) is 11.9 Å². The molecule has 226 valence electrons. The highest BCUT2D eigenvalue weighted by Crippen LogP contribution is 2.39. The summed E-state index contributed by atoms with van der Waals surface area (Å²) in [5.74, 6) is 6.20. The monoisotopic (exact) mass is 624 g/mol. The van der Waals surface area contributed by atoms with Crippen LogP contribution in [0.5, 0.6) is 5.75 Å². The Morgan fingerprint density at radius 3 is 2.69 bits per heavy atom. The second kappa shape index (κ2) is 12.3. The van der Waals surface area contributed by atoms with Gasteiger partial charge in [0.2, 0.25) is 0 Å². The number of fused-ring (bicyclic) bond motifs is 1. The van der Waals surface area contributed by atoms with Crippen LogP contribution in [0.2, 0.25) is 0 Å². The van der Waals surface area contributed by atoms with Crippen molar-refractivity contribution in [2.75, 3.05) is 57.6 Å². The molecular weight excluding hydrogens is 592 g/mol. The highest BCUT2D eigenvalue weighted by atomic mass is 32.2. The molecule has 3 N–H and O–H groups in total. The molecule has 0 amide bonds. The number of hydrogen-bond acceptors (Lipinski definition) is 8. The molecule has 0 radical (unpaired) electrons. The lowest BCUT2D eigenvalue weighted by molar-refractivity contribution is -0.126. The van der Waals surface area contributed by atoms with E-state index in [0.717, 1.165) is 6.54 Å². The molecule has 3 aromatic rings. The predicted molar refractivity (Wildman–Crippen MR) is 158 cm³/mol. The van der Waals surface area contributed by atoms with Gasteiger partial charge in [-0.1, -0.05) is 24.0 Å². The Kier molecular flexibility index (Phi) is 8.89. The average molecular weight is 625 g/mol. The molecule has 13 heteroatoms. The second-order valence-electron chi connectivity index (χ2n) is 10.5. The number of ether oxygens (including phenoxy) is 2. The third-order valence-electron chi connectivity index (χ3n) is 7.45. The number of anilines is 2. The highest BCUT2D eigenvalue weighted by Gasteiger charge is 2.33.